The molecule has 2 aliphatic rings. The summed E-state index contributed by atoms with van der Waals surface area (Å²) in [5.41, 5.74) is 3.03. The molecule has 0 radical (unpaired) electrons. The lowest BCUT2D eigenvalue weighted by molar-refractivity contribution is -0.141. The maximum absolute atomic E-state index is 13.5. The van der Waals surface area contributed by atoms with Crippen LogP contribution in [0.4, 0.5) is 0 Å². The van der Waals surface area contributed by atoms with Gasteiger partial charge in [0.05, 0.1) is 23.7 Å². The molecule has 0 unspecified atom stereocenters. The van der Waals surface area contributed by atoms with Crippen molar-refractivity contribution in [2.45, 2.75) is 51.7 Å². The number of aliphatic hydroxyl groups is 1. The van der Waals surface area contributed by atoms with Gasteiger partial charge in [0.2, 0.25) is 5.91 Å². The van der Waals surface area contributed by atoms with Gasteiger partial charge in [0, 0.05) is 48.7 Å². The number of amides is 1. The zero-order chi connectivity index (χ0) is 25.9. The first-order chi connectivity index (χ1) is 17.7. The molecule has 3 aromatic heterocycles. The zero-order valence-corrected chi connectivity index (χ0v) is 21.5. The lowest BCUT2D eigenvalue weighted by atomic mass is 9.90. The van der Waals surface area contributed by atoms with Crippen LogP contribution in [0.25, 0.3) is 27.8 Å². The summed E-state index contributed by atoms with van der Waals surface area (Å²) in [4.78, 5) is 32.7. The standard InChI is InChI=1S/C28H32N6O3/c1-19-13-23-24(34(19)22-6-4-5-20(14-22)21-15-30-31(3)16-21)29-18-33(25(23)35)17-28(37)9-11-32(12-10-28)26(36)27(2)7-8-27/h4-6,13-16,18,37H,7-12,17H2,1-3H3. The van der Waals surface area contributed by atoms with E-state index in [1.807, 2.05) is 67.0 Å². The van der Waals surface area contributed by atoms with Gasteiger partial charge in [0.15, 0.2) is 5.65 Å². The third-order valence-corrected chi connectivity index (χ3v) is 8.07. The van der Waals surface area contributed by atoms with E-state index in [2.05, 4.69) is 16.1 Å². The Balaban J connectivity index is 1.26. The number of likely N-dealkylation sites (tertiary alicyclic amines) is 1. The topological polar surface area (TPSA) is 98.2 Å². The number of hydrogen-bond acceptors (Lipinski definition) is 5. The Kier molecular flexibility index (Phi) is 5.38. The number of aryl methyl sites for hydroxylation is 2. The second-order valence-corrected chi connectivity index (χ2v) is 11.1. The van der Waals surface area contributed by atoms with Crippen LogP contribution in [0, 0.1) is 12.3 Å². The summed E-state index contributed by atoms with van der Waals surface area (Å²) in [5.74, 6) is 0.194. The highest BCUT2D eigenvalue weighted by Crippen LogP contribution is 2.47. The van der Waals surface area contributed by atoms with E-state index in [0.717, 1.165) is 35.3 Å². The van der Waals surface area contributed by atoms with Crippen LogP contribution < -0.4 is 5.56 Å². The minimum Gasteiger partial charge on any atom is -0.388 e. The van der Waals surface area contributed by atoms with Gasteiger partial charge in [-0.25, -0.2) is 4.98 Å². The molecule has 0 spiro atoms. The van der Waals surface area contributed by atoms with Gasteiger partial charge in [-0.15, -0.1) is 0 Å². The fraction of sp³-hybridized carbons (Fsp3) is 0.429. The van der Waals surface area contributed by atoms with Crippen LogP contribution in [-0.2, 0) is 18.4 Å². The van der Waals surface area contributed by atoms with Gasteiger partial charge >= 0.3 is 0 Å². The van der Waals surface area contributed by atoms with E-state index in [1.165, 1.54) is 10.9 Å². The number of nitrogens with zero attached hydrogens (tertiary/aromatic N) is 6. The van der Waals surface area contributed by atoms with Crippen molar-refractivity contribution in [3.8, 4) is 16.8 Å². The largest absolute Gasteiger partial charge is 0.388 e. The molecule has 192 valence electrons. The van der Waals surface area contributed by atoms with Crippen molar-refractivity contribution in [2.24, 2.45) is 12.5 Å². The zero-order valence-electron chi connectivity index (χ0n) is 21.5. The van der Waals surface area contributed by atoms with Crippen LogP contribution in [0.2, 0.25) is 0 Å². The first-order valence-electron chi connectivity index (χ1n) is 12.8. The number of fused-ring (bicyclic) bond motifs is 1. The van der Waals surface area contributed by atoms with Gasteiger partial charge in [-0.1, -0.05) is 19.1 Å². The van der Waals surface area contributed by atoms with Gasteiger partial charge in [0.25, 0.3) is 5.56 Å². The number of carbonyl (C=O) groups excluding carboxylic acids is 1. The molecule has 1 aliphatic carbocycles. The Hall–Kier alpha value is -3.72. The molecular weight excluding hydrogens is 468 g/mol. The van der Waals surface area contributed by atoms with E-state index in [0.29, 0.717) is 37.0 Å². The Morgan fingerprint density at radius 1 is 1.11 bits per heavy atom. The first kappa shape index (κ1) is 23.7. The van der Waals surface area contributed by atoms with Crippen molar-refractivity contribution in [1.29, 1.82) is 0 Å². The van der Waals surface area contributed by atoms with Crippen molar-refractivity contribution in [1.82, 2.24) is 28.8 Å². The number of aromatic nitrogens is 5. The fourth-order valence-electron chi connectivity index (χ4n) is 5.46. The van der Waals surface area contributed by atoms with E-state index in [4.69, 9.17) is 0 Å². The van der Waals surface area contributed by atoms with Gasteiger partial charge in [0.1, 0.15) is 6.33 Å². The molecule has 1 aromatic carbocycles. The van der Waals surface area contributed by atoms with E-state index < -0.39 is 5.60 Å². The Morgan fingerprint density at radius 3 is 2.54 bits per heavy atom. The van der Waals surface area contributed by atoms with E-state index >= 15 is 0 Å². The molecule has 1 saturated carbocycles. The summed E-state index contributed by atoms with van der Waals surface area (Å²) in [6, 6.07) is 9.95. The molecule has 9 heteroatoms. The summed E-state index contributed by atoms with van der Waals surface area (Å²) in [5, 5.41) is 16.1. The van der Waals surface area contributed by atoms with Crippen LogP contribution in [0.15, 0.2) is 53.8 Å². The van der Waals surface area contributed by atoms with Crippen molar-refractivity contribution in [3.05, 3.63) is 65.1 Å². The highest BCUT2D eigenvalue weighted by Gasteiger charge is 2.48. The second kappa shape index (κ2) is 8.41. The third kappa shape index (κ3) is 4.17. The molecule has 2 fully saturated rings. The molecule has 1 amide bonds. The maximum atomic E-state index is 13.5. The number of benzene rings is 1. The summed E-state index contributed by atoms with van der Waals surface area (Å²) in [6.45, 7) is 5.16. The predicted molar refractivity (Wildman–Crippen MR) is 140 cm³/mol. The summed E-state index contributed by atoms with van der Waals surface area (Å²) in [6.07, 6.45) is 8.11. The van der Waals surface area contributed by atoms with Crippen molar-refractivity contribution >= 4 is 16.9 Å². The van der Waals surface area contributed by atoms with Gasteiger partial charge in [-0.3, -0.25) is 23.4 Å². The summed E-state index contributed by atoms with van der Waals surface area (Å²) >= 11 is 0. The Bertz CT molecular complexity index is 1570. The van der Waals surface area contributed by atoms with Crippen molar-refractivity contribution in [3.63, 3.8) is 0 Å². The molecule has 1 N–H and O–H groups in total. The molecule has 0 atom stereocenters. The molecule has 1 saturated heterocycles. The minimum atomic E-state index is -1.05. The van der Waals surface area contributed by atoms with E-state index in [9.17, 15) is 14.7 Å². The second-order valence-electron chi connectivity index (χ2n) is 11.1. The fourth-order valence-corrected chi connectivity index (χ4v) is 5.46. The smallest absolute Gasteiger partial charge is 0.262 e. The molecular formula is C28H32N6O3. The number of piperidine rings is 1. The Labute approximate surface area is 215 Å². The molecule has 4 aromatic rings. The number of rotatable bonds is 5. The molecule has 1 aliphatic heterocycles. The SMILES string of the molecule is Cc1cc2c(=O)n(CC3(O)CCN(C(=O)C4(C)CC4)CC3)cnc2n1-c1cccc(-c2cnn(C)c2)c1. The molecule has 37 heavy (non-hydrogen) atoms. The van der Waals surface area contributed by atoms with Crippen molar-refractivity contribution in [2.75, 3.05) is 13.1 Å². The quantitative estimate of drug-likeness (QED) is 0.454. The number of hydrogen-bond donors (Lipinski definition) is 1. The van der Waals surface area contributed by atoms with Gasteiger partial charge < -0.3 is 10.0 Å². The lowest BCUT2D eigenvalue weighted by Gasteiger charge is -2.39. The van der Waals surface area contributed by atoms with Gasteiger partial charge in [-0.05, 0) is 56.4 Å². The summed E-state index contributed by atoms with van der Waals surface area (Å²) in [7, 11) is 1.89. The predicted octanol–water partition coefficient (Wildman–Crippen LogP) is 3.05. The molecule has 4 heterocycles. The first-order valence-corrected chi connectivity index (χ1v) is 12.8. The normalized spacial score (nSPS) is 18.3. The Morgan fingerprint density at radius 2 is 1.86 bits per heavy atom. The molecule has 9 nitrogen and oxygen atoms in total. The molecule has 6 rings (SSSR count). The van der Waals surface area contributed by atoms with Crippen LogP contribution in [0.1, 0.15) is 38.3 Å². The highest BCUT2D eigenvalue weighted by molar-refractivity contribution is 5.85. The van der Waals surface area contributed by atoms with E-state index in [1.54, 1.807) is 4.68 Å². The molecule has 0 bridgehead atoms. The third-order valence-electron chi connectivity index (χ3n) is 8.07. The van der Waals surface area contributed by atoms with Crippen LogP contribution in [0.5, 0.6) is 0 Å². The van der Waals surface area contributed by atoms with Gasteiger partial charge in [-0.2, -0.15) is 5.10 Å². The average molecular weight is 501 g/mol. The highest BCUT2D eigenvalue weighted by atomic mass is 16.3. The monoisotopic (exact) mass is 500 g/mol. The van der Waals surface area contributed by atoms with Crippen LogP contribution in [0.3, 0.4) is 0 Å². The lowest BCUT2D eigenvalue weighted by Crippen LogP contribution is -2.51. The van der Waals surface area contributed by atoms with Crippen molar-refractivity contribution < 1.29 is 9.90 Å². The number of carbonyl (C=O) groups is 1. The van der Waals surface area contributed by atoms with Crippen LogP contribution in [-0.4, -0.2) is 58.5 Å². The summed E-state index contributed by atoms with van der Waals surface area (Å²) < 4.78 is 5.27. The maximum Gasteiger partial charge on any atom is 0.262 e. The average Bonchev–Trinajstić information content (AvgIpc) is 3.32. The van der Waals surface area contributed by atoms with Crippen LogP contribution >= 0.6 is 0 Å². The minimum absolute atomic E-state index is 0.161. The van der Waals surface area contributed by atoms with E-state index in [-0.39, 0.29) is 23.4 Å².